The van der Waals surface area contributed by atoms with Crippen LogP contribution in [-0.2, 0) is 5.41 Å². The van der Waals surface area contributed by atoms with E-state index < -0.39 is 0 Å². The predicted molar refractivity (Wildman–Crippen MR) is 67.9 cm³/mol. The van der Waals surface area contributed by atoms with E-state index in [0.717, 1.165) is 35.7 Å². The molecule has 0 saturated heterocycles. The number of benzene rings is 1. The summed E-state index contributed by atoms with van der Waals surface area (Å²) >= 11 is 3.41. The van der Waals surface area contributed by atoms with E-state index in [1.807, 2.05) is 6.07 Å². The van der Waals surface area contributed by atoms with Gasteiger partial charge in [-0.2, -0.15) is 0 Å². The minimum atomic E-state index is -0.133. The van der Waals surface area contributed by atoms with Crippen LogP contribution >= 0.6 is 15.9 Å². The minimum absolute atomic E-state index is 0.115. The van der Waals surface area contributed by atoms with Crippen molar-refractivity contribution in [2.45, 2.75) is 37.5 Å². The molecule has 3 heteroatoms. The second-order valence-electron chi connectivity index (χ2n) is 4.67. The average Bonchev–Trinajstić information content (AvgIpc) is 2.33. The highest BCUT2D eigenvalue weighted by atomic mass is 79.9. The third-order valence-corrected chi connectivity index (χ3v) is 4.19. The highest BCUT2D eigenvalue weighted by Crippen LogP contribution is 2.40. The van der Waals surface area contributed by atoms with Crippen molar-refractivity contribution in [3.05, 3.63) is 34.1 Å². The van der Waals surface area contributed by atoms with Crippen LogP contribution < -0.4 is 5.73 Å². The molecule has 1 nitrogen and oxygen atoms in total. The van der Waals surface area contributed by atoms with E-state index >= 15 is 0 Å². The molecule has 2 rings (SSSR count). The summed E-state index contributed by atoms with van der Waals surface area (Å²) in [5, 5.41) is 0. The molecule has 1 saturated carbocycles. The van der Waals surface area contributed by atoms with Gasteiger partial charge in [0.1, 0.15) is 5.82 Å². The van der Waals surface area contributed by atoms with Gasteiger partial charge in [0, 0.05) is 16.4 Å². The fourth-order valence-corrected chi connectivity index (χ4v) is 3.08. The molecule has 0 spiro atoms. The maximum Gasteiger partial charge on any atom is 0.127 e. The summed E-state index contributed by atoms with van der Waals surface area (Å²) in [4.78, 5) is 0. The average molecular weight is 286 g/mol. The van der Waals surface area contributed by atoms with Crippen molar-refractivity contribution in [3.63, 3.8) is 0 Å². The zero-order chi connectivity index (χ0) is 11.6. The Kier molecular flexibility index (Phi) is 3.65. The van der Waals surface area contributed by atoms with E-state index in [2.05, 4.69) is 15.9 Å². The third-order valence-electron chi connectivity index (χ3n) is 3.70. The molecule has 0 unspecified atom stereocenters. The Labute approximate surface area is 104 Å². The predicted octanol–water partition coefficient (Wildman–Crippen LogP) is 3.75. The Morgan fingerprint density at radius 3 is 2.56 bits per heavy atom. The summed E-state index contributed by atoms with van der Waals surface area (Å²) in [5.41, 5.74) is 6.57. The van der Waals surface area contributed by atoms with Gasteiger partial charge in [-0.15, -0.1) is 0 Å². The molecule has 16 heavy (non-hydrogen) atoms. The van der Waals surface area contributed by atoms with Gasteiger partial charge < -0.3 is 5.73 Å². The number of hydrogen-bond donors (Lipinski definition) is 1. The van der Waals surface area contributed by atoms with Gasteiger partial charge in [-0.05, 0) is 36.6 Å². The van der Waals surface area contributed by atoms with E-state index in [1.165, 1.54) is 12.5 Å². The smallest absolute Gasteiger partial charge is 0.127 e. The Bertz CT molecular complexity index is 372. The summed E-state index contributed by atoms with van der Waals surface area (Å²) in [6.45, 7) is 0.542. The lowest BCUT2D eigenvalue weighted by Gasteiger charge is -2.37. The molecule has 1 aliphatic carbocycles. The van der Waals surface area contributed by atoms with Crippen molar-refractivity contribution >= 4 is 15.9 Å². The van der Waals surface area contributed by atoms with Gasteiger partial charge in [0.2, 0.25) is 0 Å². The maximum atomic E-state index is 13.9. The molecule has 88 valence electrons. The van der Waals surface area contributed by atoms with E-state index in [-0.39, 0.29) is 11.2 Å². The van der Waals surface area contributed by atoms with E-state index in [1.54, 1.807) is 6.07 Å². The second-order valence-corrected chi connectivity index (χ2v) is 5.58. The van der Waals surface area contributed by atoms with E-state index in [0.29, 0.717) is 6.54 Å². The number of hydrogen-bond acceptors (Lipinski definition) is 1. The minimum Gasteiger partial charge on any atom is -0.330 e. The van der Waals surface area contributed by atoms with Gasteiger partial charge in [-0.3, -0.25) is 0 Å². The lowest BCUT2D eigenvalue weighted by atomic mass is 9.69. The summed E-state index contributed by atoms with van der Waals surface area (Å²) in [7, 11) is 0. The standard InChI is InChI=1S/C13H17BrFN/c14-10-4-5-12(15)11(8-10)13(9-16)6-2-1-3-7-13/h4-5,8H,1-3,6-7,9,16H2. The molecule has 1 aromatic rings. The Balaban J connectivity index is 2.42. The SMILES string of the molecule is NCC1(c2cc(Br)ccc2F)CCCCC1. The van der Waals surface area contributed by atoms with Crippen LogP contribution in [0.1, 0.15) is 37.7 Å². The van der Waals surface area contributed by atoms with Gasteiger partial charge in [0.15, 0.2) is 0 Å². The van der Waals surface area contributed by atoms with Gasteiger partial charge >= 0.3 is 0 Å². The van der Waals surface area contributed by atoms with Gasteiger partial charge in [-0.1, -0.05) is 35.2 Å². The first-order chi connectivity index (χ1) is 7.68. The van der Waals surface area contributed by atoms with Gasteiger partial charge in [0.05, 0.1) is 0 Å². The normalized spacial score (nSPS) is 19.7. The lowest BCUT2D eigenvalue weighted by molar-refractivity contribution is 0.291. The Morgan fingerprint density at radius 2 is 1.94 bits per heavy atom. The molecular formula is C13H17BrFN. The quantitative estimate of drug-likeness (QED) is 0.880. The third kappa shape index (κ3) is 2.16. The van der Waals surface area contributed by atoms with Crippen molar-refractivity contribution in [2.75, 3.05) is 6.54 Å². The molecule has 1 aromatic carbocycles. The fraction of sp³-hybridized carbons (Fsp3) is 0.538. The van der Waals surface area contributed by atoms with Crippen LogP contribution in [0.5, 0.6) is 0 Å². The molecule has 1 aliphatic rings. The largest absolute Gasteiger partial charge is 0.330 e. The first-order valence-electron chi connectivity index (χ1n) is 5.83. The fourth-order valence-electron chi connectivity index (χ4n) is 2.72. The molecule has 1 fully saturated rings. The molecule has 2 N–H and O–H groups in total. The first-order valence-corrected chi connectivity index (χ1v) is 6.63. The molecule has 0 aromatic heterocycles. The van der Waals surface area contributed by atoms with Crippen molar-refractivity contribution in [3.8, 4) is 0 Å². The van der Waals surface area contributed by atoms with Crippen LogP contribution in [0.3, 0.4) is 0 Å². The van der Waals surface area contributed by atoms with Gasteiger partial charge in [0.25, 0.3) is 0 Å². The molecule has 0 amide bonds. The first kappa shape index (κ1) is 12.1. The Hall–Kier alpha value is -0.410. The van der Waals surface area contributed by atoms with Crippen molar-refractivity contribution in [2.24, 2.45) is 5.73 Å². The molecule has 0 heterocycles. The number of nitrogens with two attached hydrogens (primary N) is 1. The lowest BCUT2D eigenvalue weighted by Crippen LogP contribution is -2.38. The van der Waals surface area contributed by atoms with Crippen molar-refractivity contribution in [1.82, 2.24) is 0 Å². The molecular weight excluding hydrogens is 269 g/mol. The van der Waals surface area contributed by atoms with Crippen LogP contribution in [0.2, 0.25) is 0 Å². The monoisotopic (exact) mass is 285 g/mol. The topological polar surface area (TPSA) is 26.0 Å². The molecule has 0 aliphatic heterocycles. The van der Waals surface area contributed by atoms with Crippen LogP contribution in [0.25, 0.3) is 0 Å². The van der Waals surface area contributed by atoms with Crippen LogP contribution in [0.4, 0.5) is 4.39 Å². The maximum absolute atomic E-state index is 13.9. The number of rotatable bonds is 2. The highest BCUT2D eigenvalue weighted by molar-refractivity contribution is 9.10. The molecule has 0 radical (unpaired) electrons. The highest BCUT2D eigenvalue weighted by Gasteiger charge is 2.34. The van der Waals surface area contributed by atoms with E-state index in [9.17, 15) is 4.39 Å². The van der Waals surface area contributed by atoms with Crippen LogP contribution in [0.15, 0.2) is 22.7 Å². The summed E-state index contributed by atoms with van der Waals surface area (Å²) in [5.74, 6) is -0.115. The number of halogens is 2. The summed E-state index contributed by atoms with van der Waals surface area (Å²) < 4.78 is 14.8. The van der Waals surface area contributed by atoms with E-state index in [4.69, 9.17) is 5.73 Å². The van der Waals surface area contributed by atoms with Crippen molar-refractivity contribution in [1.29, 1.82) is 0 Å². The van der Waals surface area contributed by atoms with Crippen LogP contribution in [-0.4, -0.2) is 6.54 Å². The Morgan fingerprint density at radius 1 is 1.25 bits per heavy atom. The molecule has 0 atom stereocenters. The molecule has 0 bridgehead atoms. The second kappa shape index (κ2) is 4.84. The van der Waals surface area contributed by atoms with Crippen LogP contribution in [0, 0.1) is 5.82 Å². The van der Waals surface area contributed by atoms with Crippen molar-refractivity contribution < 1.29 is 4.39 Å². The van der Waals surface area contributed by atoms with Gasteiger partial charge in [-0.25, -0.2) is 4.39 Å². The zero-order valence-corrected chi connectivity index (χ0v) is 10.9. The summed E-state index contributed by atoms with van der Waals surface area (Å²) in [6, 6.07) is 5.17. The summed E-state index contributed by atoms with van der Waals surface area (Å²) in [6.07, 6.45) is 5.58. The zero-order valence-electron chi connectivity index (χ0n) is 9.31.